The summed E-state index contributed by atoms with van der Waals surface area (Å²) in [5.41, 5.74) is 9.08. The maximum absolute atomic E-state index is 4.48. The number of imidazole rings is 1. The van der Waals surface area contributed by atoms with Crippen molar-refractivity contribution in [1.82, 2.24) is 14.5 Å². The van der Waals surface area contributed by atoms with Crippen LogP contribution in [0.15, 0.2) is 90.6 Å². The van der Waals surface area contributed by atoms with Crippen LogP contribution >= 0.6 is 0 Å². The maximum atomic E-state index is 4.48. The first-order valence-electron chi connectivity index (χ1n) is 12.3. The summed E-state index contributed by atoms with van der Waals surface area (Å²) in [4.78, 5) is 13.2. The Labute approximate surface area is 209 Å². The zero-order valence-electron chi connectivity index (χ0n) is 21.2. The number of hydrogen-bond acceptors (Lipinski definition) is 3. The molecule has 0 aliphatic rings. The number of benzene rings is 2. The molecule has 0 radical (unpaired) electrons. The quantitative estimate of drug-likeness (QED) is 0.190. The van der Waals surface area contributed by atoms with Gasteiger partial charge in [-0.3, -0.25) is 9.98 Å². The fourth-order valence-corrected chi connectivity index (χ4v) is 5.27. The third kappa shape index (κ3) is 4.49. The molecule has 0 amide bonds. The average molecular weight is 463 g/mol. The van der Waals surface area contributed by atoms with Crippen molar-refractivity contribution in [3.05, 3.63) is 114 Å². The number of pyridine rings is 1. The van der Waals surface area contributed by atoms with E-state index < -0.39 is 0 Å². The summed E-state index contributed by atoms with van der Waals surface area (Å²) in [5.74, 6) is 0. The maximum Gasteiger partial charge on any atom is 0.0945 e. The van der Waals surface area contributed by atoms with Crippen LogP contribution in [0, 0.1) is 0 Å². The van der Waals surface area contributed by atoms with E-state index in [0.717, 1.165) is 36.2 Å². The Bertz CT molecular complexity index is 1320. The van der Waals surface area contributed by atoms with Crippen LogP contribution in [-0.4, -0.2) is 21.3 Å². The first-order valence-corrected chi connectivity index (χ1v) is 12.3. The van der Waals surface area contributed by atoms with Gasteiger partial charge < -0.3 is 4.57 Å². The number of aryl methyl sites for hydroxylation is 1. The number of nitrogens with zero attached hydrogens (tertiary/aromatic N) is 4. The highest BCUT2D eigenvalue weighted by Gasteiger charge is 2.37. The van der Waals surface area contributed by atoms with Gasteiger partial charge in [-0.1, -0.05) is 56.7 Å². The molecule has 4 rings (SSSR count). The molecule has 2 aromatic carbocycles. The van der Waals surface area contributed by atoms with Gasteiger partial charge in [-0.05, 0) is 78.6 Å². The molecule has 0 N–H and O–H groups in total. The molecule has 0 spiro atoms. The Morgan fingerprint density at radius 2 is 1.71 bits per heavy atom. The summed E-state index contributed by atoms with van der Waals surface area (Å²) in [7, 11) is 2.07. The van der Waals surface area contributed by atoms with E-state index in [1.54, 1.807) is 0 Å². The van der Waals surface area contributed by atoms with Gasteiger partial charge in [-0.25, -0.2) is 4.98 Å². The smallest absolute Gasteiger partial charge is 0.0945 e. The van der Waals surface area contributed by atoms with Gasteiger partial charge >= 0.3 is 0 Å². The molecule has 4 aromatic rings. The molecule has 178 valence electrons. The molecule has 4 heteroatoms. The Morgan fingerprint density at radius 3 is 2.31 bits per heavy atom. The monoisotopic (exact) mass is 462 g/mol. The highest BCUT2D eigenvalue weighted by Crippen LogP contribution is 2.45. The number of aromatic nitrogens is 3. The average Bonchev–Trinajstić information content (AvgIpc) is 3.35. The zero-order valence-corrected chi connectivity index (χ0v) is 21.2. The lowest BCUT2D eigenvalue weighted by Crippen LogP contribution is -2.31. The number of aliphatic imine (C=N–C) groups is 1. The Balaban J connectivity index is 2.02. The standard InChI is InChI=1S/C31H34N4/c1-6-11-27(23(3)24-12-9-8-10-13-24)28-20-26(14-15-29(28)32-4)31(7-2,25-16-18-33-19-17-25)30-21-34-22-35(30)5/h8-10,12-22H,4,6-7,11H2,1-3,5H3/b27-23+. The minimum Gasteiger partial charge on any atom is -0.337 e. The van der Waals surface area contributed by atoms with Crippen LogP contribution in [0.5, 0.6) is 0 Å². The third-order valence-corrected chi connectivity index (χ3v) is 7.10. The van der Waals surface area contributed by atoms with Gasteiger partial charge in [-0.15, -0.1) is 0 Å². The molecule has 2 heterocycles. The van der Waals surface area contributed by atoms with Crippen LogP contribution in [0.4, 0.5) is 5.69 Å². The lowest BCUT2D eigenvalue weighted by molar-refractivity contribution is 0.550. The van der Waals surface area contributed by atoms with Gasteiger partial charge in [0, 0.05) is 31.2 Å². The molecule has 0 saturated heterocycles. The number of rotatable bonds is 9. The van der Waals surface area contributed by atoms with E-state index in [1.807, 2.05) is 24.9 Å². The van der Waals surface area contributed by atoms with Crippen molar-refractivity contribution in [3.63, 3.8) is 0 Å². The molecule has 0 aliphatic carbocycles. The molecule has 0 saturated carbocycles. The van der Waals surface area contributed by atoms with Crippen molar-refractivity contribution in [1.29, 1.82) is 0 Å². The van der Waals surface area contributed by atoms with Crippen molar-refractivity contribution in [2.24, 2.45) is 12.0 Å². The van der Waals surface area contributed by atoms with E-state index in [4.69, 9.17) is 0 Å². The molecular formula is C31H34N4. The van der Waals surface area contributed by atoms with E-state index in [-0.39, 0.29) is 5.41 Å². The SMILES string of the molecule is C=Nc1ccc(C(CC)(c2ccncc2)c2cncn2C)cc1/C(CCC)=C(\C)c1ccccc1. The van der Waals surface area contributed by atoms with Crippen molar-refractivity contribution in [2.45, 2.75) is 45.4 Å². The van der Waals surface area contributed by atoms with Crippen molar-refractivity contribution in [2.75, 3.05) is 0 Å². The molecule has 2 aromatic heterocycles. The van der Waals surface area contributed by atoms with E-state index in [0.29, 0.717) is 0 Å². The second kappa shape index (κ2) is 10.6. The van der Waals surface area contributed by atoms with Crippen LogP contribution in [0.3, 0.4) is 0 Å². The Hall–Kier alpha value is -3.79. The summed E-state index contributed by atoms with van der Waals surface area (Å²) in [6.07, 6.45) is 10.5. The second-order valence-corrected chi connectivity index (χ2v) is 8.99. The number of allylic oxidation sites excluding steroid dienone is 2. The van der Waals surface area contributed by atoms with Gasteiger partial charge in [0.15, 0.2) is 0 Å². The van der Waals surface area contributed by atoms with Crippen LogP contribution in [-0.2, 0) is 12.5 Å². The second-order valence-electron chi connectivity index (χ2n) is 8.99. The summed E-state index contributed by atoms with van der Waals surface area (Å²) in [6.45, 7) is 10.6. The normalized spacial score (nSPS) is 13.7. The first-order chi connectivity index (χ1) is 17.1. The van der Waals surface area contributed by atoms with Crippen molar-refractivity contribution < 1.29 is 0 Å². The van der Waals surface area contributed by atoms with Gasteiger partial charge in [0.2, 0.25) is 0 Å². The molecular weight excluding hydrogens is 428 g/mol. The highest BCUT2D eigenvalue weighted by molar-refractivity contribution is 5.93. The van der Waals surface area contributed by atoms with E-state index in [9.17, 15) is 0 Å². The third-order valence-electron chi connectivity index (χ3n) is 7.10. The molecule has 0 bridgehead atoms. The minimum atomic E-state index is -0.374. The molecule has 0 aliphatic heterocycles. The van der Waals surface area contributed by atoms with E-state index in [2.05, 4.69) is 115 Å². The molecule has 35 heavy (non-hydrogen) atoms. The minimum absolute atomic E-state index is 0.374. The highest BCUT2D eigenvalue weighted by atomic mass is 15.0. The fraction of sp³-hybridized carbons (Fsp3) is 0.258. The summed E-state index contributed by atoms with van der Waals surface area (Å²) in [6, 6.07) is 21.5. The van der Waals surface area contributed by atoms with Gasteiger partial charge in [-0.2, -0.15) is 0 Å². The Kier molecular flexibility index (Phi) is 7.40. The molecule has 4 nitrogen and oxygen atoms in total. The Morgan fingerprint density at radius 1 is 0.971 bits per heavy atom. The predicted octanol–water partition coefficient (Wildman–Crippen LogP) is 7.62. The summed E-state index contributed by atoms with van der Waals surface area (Å²) < 4.78 is 2.13. The van der Waals surface area contributed by atoms with E-state index in [1.165, 1.54) is 27.8 Å². The van der Waals surface area contributed by atoms with Crippen molar-refractivity contribution >= 4 is 23.6 Å². The van der Waals surface area contributed by atoms with Crippen LogP contribution < -0.4 is 0 Å². The molecule has 1 atom stereocenters. The topological polar surface area (TPSA) is 43.1 Å². The first kappa shape index (κ1) is 24.3. The van der Waals surface area contributed by atoms with Gasteiger partial charge in [0.25, 0.3) is 0 Å². The summed E-state index contributed by atoms with van der Waals surface area (Å²) >= 11 is 0. The van der Waals surface area contributed by atoms with E-state index >= 15 is 0 Å². The molecule has 0 fully saturated rings. The van der Waals surface area contributed by atoms with Crippen molar-refractivity contribution in [3.8, 4) is 0 Å². The largest absolute Gasteiger partial charge is 0.337 e. The van der Waals surface area contributed by atoms with Gasteiger partial charge in [0.1, 0.15) is 0 Å². The summed E-state index contributed by atoms with van der Waals surface area (Å²) in [5, 5.41) is 0. The lowest BCUT2D eigenvalue weighted by Gasteiger charge is -2.35. The van der Waals surface area contributed by atoms with Crippen LogP contribution in [0.2, 0.25) is 0 Å². The fourth-order valence-electron chi connectivity index (χ4n) is 5.27. The van der Waals surface area contributed by atoms with Crippen LogP contribution in [0.25, 0.3) is 11.1 Å². The molecule has 1 unspecified atom stereocenters. The van der Waals surface area contributed by atoms with Crippen LogP contribution in [0.1, 0.15) is 68.0 Å². The lowest BCUT2D eigenvalue weighted by atomic mass is 9.69. The predicted molar refractivity (Wildman–Crippen MR) is 147 cm³/mol. The number of hydrogen-bond donors (Lipinski definition) is 0. The zero-order chi connectivity index (χ0) is 24.8. The van der Waals surface area contributed by atoms with Gasteiger partial charge in [0.05, 0.1) is 23.1 Å².